The number of thiazole rings is 1. The highest BCUT2D eigenvalue weighted by molar-refractivity contribution is 8.00. The molecular weight excluding hydrogens is 332 g/mol. The first kappa shape index (κ1) is 19.6. The van der Waals surface area contributed by atoms with Gasteiger partial charge in [0.2, 0.25) is 0 Å². The standard InChI is InChI=1S/C20H32N2S2/c1-7-15(8-2)14(6)21-20-22-17-11-13(5)18(12-19(17)24-20)23-16(9-3)10-4/h11-12,14-16H,7-10H2,1-6H3,(H,21,22). The first-order valence-electron chi connectivity index (χ1n) is 9.36. The van der Waals surface area contributed by atoms with Gasteiger partial charge in [-0.05, 0) is 50.3 Å². The van der Waals surface area contributed by atoms with Gasteiger partial charge in [-0.3, -0.25) is 0 Å². The third-order valence-corrected chi connectivity index (χ3v) is 7.64. The summed E-state index contributed by atoms with van der Waals surface area (Å²) in [4.78, 5) is 6.24. The fourth-order valence-corrected chi connectivity index (χ4v) is 5.37. The lowest BCUT2D eigenvalue weighted by molar-refractivity contribution is 0.438. The average molecular weight is 365 g/mol. The monoisotopic (exact) mass is 364 g/mol. The Labute approximate surface area is 155 Å². The van der Waals surface area contributed by atoms with E-state index in [2.05, 4.69) is 59.0 Å². The van der Waals surface area contributed by atoms with Crippen LogP contribution in [0.25, 0.3) is 10.2 Å². The lowest BCUT2D eigenvalue weighted by atomic mass is 9.96. The lowest BCUT2D eigenvalue weighted by Crippen LogP contribution is -2.24. The topological polar surface area (TPSA) is 24.9 Å². The first-order valence-corrected chi connectivity index (χ1v) is 11.1. The van der Waals surface area contributed by atoms with E-state index in [0.717, 1.165) is 10.6 Å². The summed E-state index contributed by atoms with van der Waals surface area (Å²) in [5, 5.41) is 5.41. The summed E-state index contributed by atoms with van der Waals surface area (Å²) in [6, 6.07) is 5.07. The van der Waals surface area contributed by atoms with Crippen LogP contribution in [-0.2, 0) is 0 Å². The molecule has 2 aromatic rings. The smallest absolute Gasteiger partial charge is 0.184 e. The molecule has 0 saturated heterocycles. The molecule has 1 aromatic carbocycles. The Bertz CT molecular complexity index is 642. The van der Waals surface area contributed by atoms with Gasteiger partial charge >= 0.3 is 0 Å². The molecule has 4 heteroatoms. The van der Waals surface area contributed by atoms with Crippen LogP contribution in [0, 0.1) is 12.8 Å². The predicted molar refractivity (Wildman–Crippen MR) is 112 cm³/mol. The zero-order valence-electron chi connectivity index (χ0n) is 16.0. The fourth-order valence-electron chi connectivity index (χ4n) is 3.19. The van der Waals surface area contributed by atoms with Crippen molar-refractivity contribution in [2.24, 2.45) is 5.92 Å². The maximum atomic E-state index is 4.82. The van der Waals surface area contributed by atoms with Gasteiger partial charge in [0.25, 0.3) is 0 Å². The molecule has 2 nitrogen and oxygen atoms in total. The Morgan fingerprint density at radius 1 is 1.08 bits per heavy atom. The van der Waals surface area contributed by atoms with Crippen molar-refractivity contribution in [2.75, 3.05) is 5.32 Å². The molecule has 0 amide bonds. The van der Waals surface area contributed by atoms with E-state index < -0.39 is 0 Å². The average Bonchev–Trinajstić information content (AvgIpc) is 2.94. The summed E-state index contributed by atoms with van der Waals surface area (Å²) in [6.07, 6.45) is 4.87. The van der Waals surface area contributed by atoms with Gasteiger partial charge in [-0.2, -0.15) is 0 Å². The van der Waals surface area contributed by atoms with Gasteiger partial charge in [-0.25, -0.2) is 4.98 Å². The molecule has 0 aliphatic heterocycles. The van der Waals surface area contributed by atoms with Crippen LogP contribution in [0.2, 0.25) is 0 Å². The fraction of sp³-hybridized carbons (Fsp3) is 0.650. The molecule has 0 aliphatic rings. The number of anilines is 1. The molecule has 1 unspecified atom stereocenters. The van der Waals surface area contributed by atoms with Crippen molar-refractivity contribution in [3.63, 3.8) is 0 Å². The molecule has 1 aromatic heterocycles. The Kier molecular flexibility index (Phi) is 7.42. The van der Waals surface area contributed by atoms with E-state index in [9.17, 15) is 0 Å². The van der Waals surface area contributed by atoms with Crippen molar-refractivity contribution in [3.05, 3.63) is 17.7 Å². The summed E-state index contributed by atoms with van der Waals surface area (Å²) in [7, 11) is 0. The molecule has 0 radical (unpaired) electrons. The van der Waals surface area contributed by atoms with Crippen molar-refractivity contribution in [2.45, 2.75) is 83.4 Å². The minimum absolute atomic E-state index is 0.472. The number of nitrogens with one attached hydrogen (secondary N) is 1. The molecule has 24 heavy (non-hydrogen) atoms. The van der Waals surface area contributed by atoms with E-state index >= 15 is 0 Å². The van der Waals surface area contributed by atoms with Crippen LogP contribution in [0.3, 0.4) is 0 Å². The second-order valence-corrected chi connectivity index (χ2v) is 9.04. The molecule has 0 bridgehead atoms. The number of nitrogens with zero attached hydrogens (tertiary/aromatic N) is 1. The van der Waals surface area contributed by atoms with Crippen LogP contribution in [0.1, 0.15) is 65.9 Å². The number of hydrogen-bond donors (Lipinski definition) is 1. The van der Waals surface area contributed by atoms with Gasteiger partial charge in [-0.1, -0.05) is 51.9 Å². The van der Waals surface area contributed by atoms with E-state index in [1.165, 1.54) is 40.8 Å². The second-order valence-electron chi connectivity index (χ2n) is 6.67. The summed E-state index contributed by atoms with van der Waals surface area (Å²) in [5.74, 6) is 0.708. The normalized spacial score (nSPS) is 13.2. The molecule has 0 fully saturated rings. The van der Waals surface area contributed by atoms with E-state index in [1.54, 1.807) is 11.3 Å². The van der Waals surface area contributed by atoms with Crippen molar-refractivity contribution < 1.29 is 0 Å². The van der Waals surface area contributed by atoms with Crippen LogP contribution < -0.4 is 5.32 Å². The summed E-state index contributed by atoms with van der Waals surface area (Å²) < 4.78 is 1.30. The highest BCUT2D eigenvalue weighted by Crippen LogP contribution is 2.36. The van der Waals surface area contributed by atoms with E-state index in [1.807, 2.05) is 11.8 Å². The molecule has 1 heterocycles. The molecule has 0 saturated carbocycles. The maximum absolute atomic E-state index is 4.82. The lowest BCUT2D eigenvalue weighted by Gasteiger charge is -2.21. The molecule has 1 N–H and O–H groups in total. The number of aryl methyl sites for hydroxylation is 1. The number of benzene rings is 1. The van der Waals surface area contributed by atoms with E-state index in [0.29, 0.717) is 17.2 Å². The van der Waals surface area contributed by atoms with Crippen LogP contribution in [0.4, 0.5) is 5.13 Å². The zero-order chi connectivity index (χ0) is 17.7. The van der Waals surface area contributed by atoms with Crippen molar-refractivity contribution in [1.29, 1.82) is 0 Å². The molecule has 0 aliphatic carbocycles. The van der Waals surface area contributed by atoms with Gasteiger partial charge in [-0.15, -0.1) is 11.8 Å². The summed E-state index contributed by atoms with van der Waals surface area (Å²) in [5.41, 5.74) is 2.48. The third kappa shape index (κ3) is 4.66. The Balaban J connectivity index is 2.21. The van der Waals surface area contributed by atoms with Crippen LogP contribution in [0.5, 0.6) is 0 Å². The van der Waals surface area contributed by atoms with E-state index in [4.69, 9.17) is 4.98 Å². The Morgan fingerprint density at radius 3 is 2.33 bits per heavy atom. The number of hydrogen-bond acceptors (Lipinski definition) is 4. The Hall–Kier alpha value is -0.740. The summed E-state index contributed by atoms with van der Waals surface area (Å²) >= 11 is 3.82. The molecule has 2 rings (SSSR count). The molecule has 1 atom stereocenters. The van der Waals surface area contributed by atoms with Gasteiger partial charge < -0.3 is 5.32 Å². The molecule has 134 valence electrons. The maximum Gasteiger partial charge on any atom is 0.184 e. The van der Waals surface area contributed by atoms with Crippen LogP contribution >= 0.6 is 23.1 Å². The number of rotatable bonds is 9. The zero-order valence-corrected chi connectivity index (χ0v) is 17.6. The van der Waals surface area contributed by atoms with Gasteiger partial charge in [0.15, 0.2) is 5.13 Å². The van der Waals surface area contributed by atoms with Gasteiger partial charge in [0.05, 0.1) is 10.2 Å². The SMILES string of the molecule is CCC(CC)Sc1cc2sc(NC(C)C(CC)CC)nc2cc1C. The highest BCUT2D eigenvalue weighted by atomic mass is 32.2. The largest absolute Gasteiger partial charge is 0.359 e. The summed E-state index contributed by atoms with van der Waals surface area (Å²) in [6.45, 7) is 13.6. The predicted octanol–water partition coefficient (Wildman–Crippen LogP) is 7.12. The first-order chi connectivity index (χ1) is 11.5. The van der Waals surface area contributed by atoms with Crippen LogP contribution in [0.15, 0.2) is 17.0 Å². The van der Waals surface area contributed by atoms with Crippen molar-refractivity contribution in [3.8, 4) is 0 Å². The second kappa shape index (κ2) is 9.10. The minimum atomic E-state index is 0.472. The number of thioether (sulfide) groups is 1. The van der Waals surface area contributed by atoms with Crippen molar-refractivity contribution >= 4 is 38.4 Å². The minimum Gasteiger partial charge on any atom is -0.359 e. The van der Waals surface area contributed by atoms with Crippen LogP contribution in [-0.4, -0.2) is 16.3 Å². The highest BCUT2D eigenvalue weighted by Gasteiger charge is 2.16. The number of aromatic nitrogens is 1. The van der Waals surface area contributed by atoms with Gasteiger partial charge in [0.1, 0.15) is 0 Å². The quantitative estimate of drug-likeness (QED) is 0.479. The van der Waals surface area contributed by atoms with E-state index in [-0.39, 0.29) is 0 Å². The van der Waals surface area contributed by atoms with Crippen molar-refractivity contribution in [1.82, 2.24) is 4.98 Å². The molecule has 0 spiro atoms. The van der Waals surface area contributed by atoms with Gasteiger partial charge in [0, 0.05) is 16.2 Å². The Morgan fingerprint density at radius 2 is 1.75 bits per heavy atom. The number of fused-ring (bicyclic) bond motifs is 1. The third-order valence-electron chi connectivity index (χ3n) is 5.00. The molecular formula is C20H32N2S2.